The highest BCUT2D eigenvalue weighted by Crippen LogP contribution is 2.46. The third-order valence-electron chi connectivity index (χ3n) is 5.97. The van der Waals surface area contributed by atoms with Crippen LogP contribution in [0, 0.1) is 6.92 Å². The van der Waals surface area contributed by atoms with E-state index in [9.17, 15) is 9.59 Å². The minimum absolute atomic E-state index is 0.130. The molecule has 0 radical (unpaired) electrons. The molecule has 0 saturated heterocycles. The summed E-state index contributed by atoms with van der Waals surface area (Å²) in [7, 11) is 0. The molecule has 0 spiro atoms. The Hall–Kier alpha value is -2.63. The van der Waals surface area contributed by atoms with E-state index in [-0.39, 0.29) is 17.7 Å². The summed E-state index contributed by atoms with van der Waals surface area (Å²) in [5.41, 5.74) is 4.43. The van der Waals surface area contributed by atoms with Gasteiger partial charge in [0.05, 0.1) is 11.2 Å². The van der Waals surface area contributed by atoms with Crippen molar-refractivity contribution in [2.45, 2.75) is 71.4 Å². The quantitative estimate of drug-likeness (QED) is 0.613. The van der Waals surface area contributed by atoms with E-state index in [1.165, 1.54) is 6.42 Å². The molecule has 4 rings (SSSR count). The fourth-order valence-corrected chi connectivity index (χ4v) is 4.69. The Morgan fingerprint density at radius 2 is 1.93 bits per heavy atom. The molecule has 148 valence electrons. The minimum Gasteiger partial charge on any atom is -0.317 e. The number of nitrogens with one attached hydrogen (secondary N) is 1. The van der Waals surface area contributed by atoms with Crippen molar-refractivity contribution < 1.29 is 14.4 Å². The second kappa shape index (κ2) is 6.76. The SMILES string of the molecule is CC1=CC(C)(C)N2C(=O)C(=NOC(=O)NC3CCCCC3)c3c(C)ccc1c32. The normalized spacial score (nSPS) is 22.1. The summed E-state index contributed by atoms with van der Waals surface area (Å²) in [6, 6.07) is 4.15. The molecule has 0 aromatic heterocycles. The highest BCUT2D eigenvalue weighted by Gasteiger charge is 2.46. The largest absolute Gasteiger partial charge is 0.433 e. The van der Waals surface area contributed by atoms with Crippen LogP contribution in [0.25, 0.3) is 5.57 Å². The summed E-state index contributed by atoms with van der Waals surface area (Å²) in [6.07, 6.45) is 6.86. The second-order valence-corrected chi connectivity index (χ2v) is 8.57. The van der Waals surface area contributed by atoms with E-state index in [0.717, 1.165) is 53.6 Å². The van der Waals surface area contributed by atoms with Gasteiger partial charge in [0, 0.05) is 17.2 Å². The summed E-state index contributed by atoms with van der Waals surface area (Å²) in [5.74, 6) is -0.232. The van der Waals surface area contributed by atoms with Gasteiger partial charge in [-0.3, -0.25) is 14.5 Å². The van der Waals surface area contributed by atoms with Crippen LogP contribution in [0.15, 0.2) is 23.4 Å². The Morgan fingerprint density at radius 1 is 1.21 bits per heavy atom. The molecular formula is C22H27N3O3. The monoisotopic (exact) mass is 381 g/mol. The first-order chi connectivity index (χ1) is 13.3. The fraction of sp³-hybridized carbons (Fsp3) is 0.500. The van der Waals surface area contributed by atoms with Crippen molar-refractivity contribution in [2.24, 2.45) is 5.16 Å². The van der Waals surface area contributed by atoms with Gasteiger partial charge in [0.2, 0.25) is 0 Å². The Labute approximate surface area is 165 Å². The first-order valence-electron chi connectivity index (χ1n) is 10.0. The van der Waals surface area contributed by atoms with Crippen molar-refractivity contribution in [2.75, 3.05) is 4.90 Å². The number of allylic oxidation sites excluding steroid dienone is 1. The van der Waals surface area contributed by atoms with Crippen LogP contribution in [0.5, 0.6) is 0 Å². The number of carbonyl (C=O) groups excluding carboxylic acids is 2. The van der Waals surface area contributed by atoms with E-state index in [4.69, 9.17) is 4.84 Å². The Bertz CT molecular complexity index is 908. The van der Waals surface area contributed by atoms with Crippen LogP contribution < -0.4 is 10.2 Å². The van der Waals surface area contributed by atoms with Crippen molar-refractivity contribution in [3.8, 4) is 0 Å². The van der Waals surface area contributed by atoms with Gasteiger partial charge >= 0.3 is 6.09 Å². The highest BCUT2D eigenvalue weighted by atomic mass is 16.7. The molecule has 3 aliphatic rings. The number of hydrogen-bond acceptors (Lipinski definition) is 4. The molecule has 6 nitrogen and oxygen atoms in total. The maximum absolute atomic E-state index is 13.2. The smallest absolute Gasteiger partial charge is 0.317 e. The number of rotatable bonds is 2. The molecule has 1 aromatic carbocycles. The molecule has 0 atom stereocenters. The third kappa shape index (κ3) is 3.01. The number of carbonyl (C=O) groups is 2. The minimum atomic E-state index is -0.593. The molecule has 1 aromatic rings. The van der Waals surface area contributed by atoms with Gasteiger partial charge in [-0.15, -0.1) is 0 Å². The number of aryl methyl sites for hydroxylation is 1. The van der Waals surface area contributed by atoms with E-state index < -0.39 is 11.6 Å². The van der Waals surface area contributed by atoms with Gasteiger partial charge in [0.15, 0.2) is 5.71 Å². The molecule has 0 unspecified atom stereocenters. The van der Waals surface area contributed by atoms with Gasteiger partial charge < -0.3 is 5.32 Å². The van der Waals surface area contributed by atoms with Crippen molar-refractivity contribution in [1.82, 2.24) is 5.32 Å². The molecule has 2 heterocycles. The molecule has 1 aliphatic carbocycles. The standard InChI is InChI=1S/C22H27N3O3/c1-13-10-11-16-14(2)12-22(3,4)25-19(16)17(13)18(20(25)26)24-28-21(27)23-15-8-6-5-7-9-15/h10-12,15H,5-9H2,1-4H3,(H,23,27). The molecule has 6 heteroatoms. The lowest BCUT2D eigenvalue weighted by Crippen LogP contribution is -2.47. The summed E-state index contributed by atoms with van der Waals surface area (Å²) < 4.78 is 0. The van der Waals surface area contributed by atoms with Gasteiger partial charge in [-0.2, -0.15) is 0 Å². The van der Waals surface area contributed by atoms with Gasteiger partial charge in [-0.25, -0.2) is 4.79 Å². The predicted molar refractivity (Wildman–Crippen MR) is 109 cm³/mol. The Kier molecular flexibility index (Phi) is 4.52. The van der Waals surface area contributed by atoms with Crippen LogP contribution >= 0.6 is 0 Å². The number of amides is 2. The van der Waals surface area contributed by atoms with Crippen molar-refractivity contribution in [3.05, 3.63) is 34.9 Å². The number of hydrogen-bond donors (Lipinski definition) is 1. The Balaban J connectivity index is 1.65. The first-order valence-corrected chi connectivity index (χ1v) is 10.0. The summed E-state index contributed by atoms with van der Waals surface area (Å²) in [6.45, 7) is 8.01. The predicted octanol–water partition coefficient (Wildman–Crippen LogP) is 4.30. The molecule has 0 bridgehead atoms. The average Bonchev–Trinajstić information content (AvgIpc) is 2.94. The molecule has 2 amide bonds. The zero-order valence-electron chi connectivity index (χ0n) is 17.0. The topological polar surface area (TPSA) is 71.0 Å². The second-order valence-electron chi connectivity index (χ2n) is 8.57. The molecule has 28 heavy (non-hydrogen) atoms. The van der Waals surface area contributed by atoms with E-state index in [0.29, 0.717) is 0 Å². The average molecular weight is 381 g/mol. The molecule has 1 N–H and O–H groups in total. The number of nitrogens with zero attached hydrogens (tertiary/aromatic N) is 2. The van der Waals surface area contributed by atoms with E-state index in [2.05, 4.69) is 23.5 Å². The highest BCUT2D eigenvalue weighted by molar-refractivity contribution is 6.55. The maximum Gasteiger partial charge on any atom is 0.433 e. The lowest BCUT2D eigenvalue weighted by atomic mass is 9.88. The van der Waals surface area contributed by atoms with Crippen LogP contribution in [-0.2, 0) is 9.63 Å². The number of benzene rings is 1. The molecule has 1 saturated carbocycles. The van der Waals surface area contributed by atoms with E-state index in [1.54, 1.807) is 4.90 Å². The Morgan fingerprint density at radius 3 is 2.64 bits per heavy atom. The van der Waals surface area contributed by atoms with Gasteiger partial charge in [-0.1, -0.05) is 42.6 Å². The first kappa shape index (κ1) is 18.7. The third-order valence-corrected chi connectivity index (χ3v) is 5.97. The lowest BCUT2D eigenvalue weighted by molar-refractivity contribution is -0.113. The summed E-state index contributed by atoms with van der Waals surface area (Å²) >= 11 is 0. The lowest BCUT2D eigenvalue weighted by Gasteiger charge is -2.38. The van der Waals surface area contributed by atoms with E-state index in [1.807, 2.05) is 32.9 Å². The van der Waals surface area contributed by atoms with Gasteiger partial charge in [0.1, 0.15) is 0 Å². The van der Waals surface area contributed by atoms with Gasteiger partial charge in [-0.05, 0) is 51.7 Å². The maximum atomic E-state index is 13.2. The van der Waals surface area contributed by atoms with Crippen LogP contribution in [0.1, 0.15) is 69.6 Å². The molecule has 2 aliphatic heterocycles. The van der Waals surface area contributed by atoms with Crippen LogP contribution in [-0.4, -0.2) is 29.3 Å². The zero-order chi connectivity index (χ0) is 20.1. The summed E-state index contributed by atoms with van der Waals surface area (Å²) in [5, 5.41) is 6.88. The zero-order valence-corrected chi connectivity index (χ0v) is 17.0. The molecule has 1 fully saturated rings. The number of anilines is 1. The summed E-state index contributed by atoms with van der Waals surface area (Å²) in [4.78, 5) is 32.3. The number of oxime groups is 1. The van der Waals surface area contributed by atoms with Crippen molar-refractivity contribution in [1.29, 1.82) is 0 Å². The van der Waals surface area contributed by atoms with E-state index >= 15 is 0 Å². The molecular weight excluding hydrogens is 354 g/mol. The van der Waals surface area contributed by atoms with Crippen LogP contribution in [0.2, 0.25) is 0 Å². The van der Waals surface area contributed by atoms with Crippen LogP contribution in [0.3, 0.4) is 0 Å². The van der Waals surface area contributed by atoms with Gasteiger partial charge in [0.25, 0.3) is 5.91 Å². The van der Waals surface area contributed by atoms with Crippen LogP contribution in [0.4, 0.5) is 10.5 Å². The van der Waals surface area contributed by atoms with Crippen molar-refractivity contribution in [3.63, 3.8) is 0 Å². The van der Waals surface area contributed by atoms with Crippen molar-refractivity contribution >= 4 is 29.0 Å². The fourth-order valence-electron chi connectivity index (χ4n) is 4.69.